The van der Waals surface area contributed by atoms with Crippen molar-refractivity contribution in [3.05, 3.63) is 52.8 Å². The van der Waals surface area contributed by atoms with Crippen molar-refractivity contribution in [2.45, 2.75) is 39.2 Å². The molecule has 0 unspecified atom stereocenters. The number of carbonyl (C=O) groups is 1. The van der Waals surface area contributed by atoms with Crippen LogP contribution >= 0.6 is 0 Å². The first kappa shape index (κ1) is 19.3. The van der Waals surface area contributed by atoms with Crippen molar-refractivity contribution in [3.8, 4) is 11.3 Å². The lowest BCUT2D eigenvalue weighted by molar-refractivity contribution is 0.0699. The highest BCUT2D eigenvalue weighted by Crippen LogP contribution is 2.32. The van der Waals surface area contributed by atoms with Crippen LogP contribution in [0.25, 0.3) is 11.3 Å². The van der Waals surface area contributed by atoms with Crippen LogP contribution in [0, 0.1) is 13.8 Å². The summed E-state index contributed by atoms with van der Waals surface area (Å²) in [6.07, 6.45) is 3.64. The van der Waals surface area contributed by atoms with Crippen LogP contribution in [0.5, 0.6) is 0 Å². The van der Waals surface area contributed by atoms with Gasteiger partial charge in [-0.3, -0.25) is 14.5 Å². The lowest BCUT2D eigenvalue weighted by Gasteiger charge is -2.32. The van der Waals surface area contributed by atoms with Gasteiger partial charge in [0.1, 0.15) is 11.5 Å². The number of rotatable bonds is 4. The fraction of sp³-hybridized carbons (Fsp3) is 0.429. The Labute approximate surface area is 169 Å². The first-order chi connectivity index (χ1) is 14.0. The topological polar surface area (TPSA) is 97.3 Å². The van der Waals surface area contributed by atoms with E-state index in [1.165, 1.54) is 0 Å². The molecule has 1 fully saturated rings. The third-order valence-electron chi connectivity index (χ3n) is 5.50. The average molecular weight is 395 g/mol. The molecule has 0 aromatic carbocycles. The largest absolute Gasteiger partial charge is 0.392 e. The lowest BCUT2D eigenvalue weighted by Crippen LogP contribution is -2.39. The molecule has 1 aliphatic heterocycles. The zero-order valence-electron chi connectivity index (χ0n) is 16.9. The summed E-state index contributed by atoms with van der Waals surface area (Å²) < 4.78 is 6.94. The van der Waals surface area contributed by atoms with E-state index in [4.69, 9.17) is 9.51 Å². The maximum Gasteiger partial charge on any atom is 0.274 e. The van der Waals surface area contributed by atoms with Gasteiger partial charge in [0.05, 0.1) is 23.6 Å². The Bertz CT molecular complexity index is 1020. The number of hydrogen-bond acceptors (Lipinski definition) is 6. The summed E-state index contributed by atoms with van der Waals surface area (Å²) in [5.41, 5.74) is 4.39. The van der Waals surface area contributed by atoms with Crippen molar-refractivity contribution in [3.63, 3.8) is 0 Å². The SMILES string of the molecule is Cc1noc(C)c1-c1nc([C@@H]2CCCN(C(=O)c3ccn(C)n3)C2)ccc1CO. The number of aliphatic hydroxyl groups excluding tert-OH is 1. The number of aliphatic hydroxyl groups is 1. The number of amides is 1. The average Bonchev–Trinajstić information content (AvgIpc) is 3.32. The molecule has 0 spiro atoms. The standard InChI is InChI=1S/C21H25N5O3/c1-13-19(14(2)29-24-13)20-16(12-27)6-7-17(22-20)15-5-4-9-26(11-15)21(28)18-8-10-25(3)23-18/h6-8,10,15,27H,4-5,9,11-12H2,1-3H3/t15-/m1/s1. The first-order valence-corrected chi connectivity index (χ1v) is 9.80. The molecule has 1 saturated heterocycles. The highest BCUT2D eigenvalue weighted by molar-refractivity contribution is 5.92. The molecule has 3 aromatic heterocycles. The second kappa shape index (κ2) is 7.79. The van der Waals surface area contributed by atoms with Gasteiger partial charge in [0.25, 0.3) is 5.91 Å². The number of hydrogen-bond donors (Lipinski definition) is 1. The summed E-state index contributed by atoms with van der Waals surface area (Å²) in [4.78, 5) is 19.5. The van der Waals surface area contributed by atoms with E-state index in [9.17, 15) is 9.90 Å². The van der Waals surface area contributed by atoms with Gasteiger partial charge in [-0.1, -0.05) is 11.2 Å². The molecule has 3 aromatic rings. The minimum atomic E-state index is -0.109. The molecular formula is C21H25N5O3. The van der Waals surface area contributed by atoms with Crippen LogP contribution < -0.4 is 0 Å². The molecule has 8 heteroatoms. The second-order valence-corrected chi connectivity index (χ2v) is 7.57. The van der Waals surface area contributed by atoms with E-state index in [1.807, 2.05) is 30.9 Å². The van der Waals surface area contributed by atoms with Gasteiger partial charge >= 0.3 is 0 Å². The normalized spacial score (nSPS) is 17.0. The Morgan fingerprint density at radius 3 is 2.79 bits per heavy atom. The van der Waals surface area contributed by atoms with Crippen molar-refractivity contribution in [1.82, 2.24) is 24.8 Å². The van der Waals surface area contributed by atoms with Gasteiger partial charge in [-0.15, -0.1) is 0 Å². The van der Waals surface area contributed by atoms with Gasteiger partial charge in [0, 0.05) is 43.5 Å². The van der Waals surface area contributed by atoms with Crippen LogP contribution in [-0.2, 0) is 13.7 Å². The Hall–Kier alpha value is -3.00. The van der Waals surface area contributed by atoms with Crippen LogP contribution in [0.1, 0.15) is 52.0 Å². The Balaban J connectivity index is 1.63. The molecule has 1 amide bonds. The molecule has 0 aliphatic carbocycles. The predicted molar refractivity (Wildman–Crippen MR) is 106 cm³/mol. The van der Waals surface area contributed by atoms with Gasteiger partial charge in [-0.25, -0.2) is 0 Å². The molecule has 0 bridgehead atoms. The van der Waals surface area contributed by atoms with E-state index in [-0.39, 0.29) is 18.4 Å². The van der Waals surface area contributed by atoms with Gasteiger partial charge in [-0.2, -0.15) is 5.10 Å². The zero-order valence-corrected chi connectivity index (χ0v) is 16.9. The number of pyridine rings is 1. The lowest BCUT2D eigenvalue weighted by atomic mass is 9.92. The van der Waals surface area contributed by atoms with Crippen molar-refractivity contribution < 1.29 is 14.4 Å². The molecule has 29 heavy (non-hydrogen) atoms. The van der Waals surface area contributed by atoms with Crippen LogP contribution in [0.15, 0.2) is 28.9 Å². The first-order valence-electron chi connectivity index (χ1n) is 9.80. The number of likely N-dealkylation sites (tertiary alicyclic amines) is 1. The Morgan fingerprint density at radius 1 is 1.31 bits per heavy atom. The maximum atomic E-state index is 12.8. The summed E-state index contributed by atoms with van der Waals surface area (Å²) in [5.74, 6) is 0.758. The van der Waals surface area contributed by atoms with Crippen LogP contribution in [0.4, 0.5) is 0 Å². The molecule has 0 radical (unpaired) electrons. The fourth-order valence-electron chi connectivity index (χ4n) is 3.99. The third-order valence-corrected chi connectivity index (χ3v) is 5.50. The van der Waals surface area contributed by atoms with Crippen molar-refractivity contribution in [2.24, 2.45) is 7.05 Å². The quantitative estimate of drug-likeness (QED) is 0.729. The third kappa shape index (κ3) is 3.67. The van der Waals surface area contributed by atoms with E-state index >= 15 is 0 Å². The summed E-state index contributed by atoms with van der Waals surface area (Å²) in [6, 6.07) is 5.60. The minimum Gasteiger partial charge on any atom is -0.392 e. The molecule has 1 N–H and O–H groups in total. The van der Waals surface area contributed by atoms with Gasteiger partial charge in [0.2, 0.25) is 0 Å². The van der Waals surface area contributed by atoms with Crippen LogP contribution in [0.3, 0.4) is 0 Å². The van der Waals surface area contributed by atoms with Crippen LogP contribution in [0.2, 0.25) is 0 Å². The number of aryl methyl sites for hydroxylation is 3. The van der Waals surface area contributed by atoms with E-state index in [0.29, 0.717) is 23.7 Å². The molecule has 1 atom stereocenters. The predicted octanol–water partition coefficient (Wildman–Crippen LogP) is 2.60. The van der Waals surface area contributed by atoms with Crippen molar-refractivity contribution >= 4 is 5.91 Å². The molecule has 8 nitrogen and oxygen atoms in total. The Kier molecular flexibility index (Phi) is 5.19. The second-order valence-electron chi connectivity index (χ2n) is 7.57. The molecule has 4 heterocycles. The highest BCUT2D eigenvalue weighted by Gasteiger charge is 2.28. The molecule has 4 rings (SSSR count). The number of piperidine rings is 1. The van der Waals surface area contributed by atoms with Gasteiger partial charge < -0.3 is 14.5 Å². The highest BCUT2D eigenvalue weighted by atomic mass is 16.5. The monoisotopic (exact) mass is 395 g/mol. The molecule has 1 aliphatic rings. The van der Waals surface area contributed by atoms with Crippen LogP contribution in [-0.4, -0.2) is 48.9 Å². The number of nitrogens with zero attached hydrogens (tertiary/aromatic N) is 5. The Morgan fingerprint density at radius 2 is 2.14 bits per heavy atom. The van der Waals surface area contributed by atoms with Crippen molar-refractivity contribution in [2.75, 3.05) is 13.1 Å². The van der Waals surface area contributed by atoms with E-state index < -0.39 is 0 Å². The zero-order chi connectivity index (χ0) is 20.5. The van der Waals surface area contributed by atoms with Gasteiger partial charge in [-0.05, 0) is 38.8 Å². The van der Waals surface area contributed by atoms with Crippen molar-refractivity contribution in [1.29, 1.82) is 0 Å². The molecule has 0 saturated carbocycles. The number of aromatic nitrogens is 4. The van der Waals surface area contributed by atoms with Gasteiger partial charge in [0.15, 0.2) is 0 Å². The summed E-state index contributed by atoms with van der Waals surface area (Å²) in [5, 5.41) is 18.1. The summed E-state index contributed by atoms with van der Waals surface area (Å²) >= 11 is 0. The maximum absolute atomic E-state index is 12.8. The number of carbonyl (C=O) groups excluding carboxylic acids is 1. The molecule has 152 valence electrons. The van der Waals surface area contributed by atoms with E-state index in [2.05, 4.69) is 10.3 Å². The minimum absolute atomic E-state index is 0.0479. The summed E-state index contributed by atoms with van der Waals surface area (Å²) in [7, 11) is 1.80. The fourth-order valence-corrected chi connectivity index (χ4v) is 3.99. The van der Waals surface area contributed by atoms with E-state index in [0.717, 1.165) is 41.9 Å². The van der Waals surface area contributed by atoms with E-state index in [1.54, 1.807) is 24.0 Å². The summed E-state index contributed by atoms with van der Waals surface area (Å²) in [6.45, 7) is 4.93. The smallest absolute Gasteiger partial charge is 0.274 e. The molecular weight excluding hydrogens is 370 g/mol.